The highest BCUT2D eigenvalue weighted by atomic mass is 16.4. The number of rotatable bonds is 3. The van der Waals surface area contributed by atoms with Crippen LogP contribution in [0.2, 0.25) is 0 Å². The van der Waals surface area contributed by atoms with Crippen molar-refractivity contribution < 1.29 is 9.52 Å². The molecule has 5 nitrogen and oxygen atoms in total. The van der Waals surface area contributed by atoms with Gasteiger partial charge in [0.2, 0.25) is 0 Å². The fourth-order valence-corrected chi connectivity index (χ4v) is 2.11. The number of hydrazone groups is 1. The van der Waals surface area contributed by atoms with Crippen molar-refractivity contribution in [3.8, 4) is 5.75 Å². The number of nitrogens with zero attached hydrogens (tertiary/aromatic N) is 1. The van der Waals surface area contributed by atoms with Gasteiger partial charge in [0.05, 0.1) is 17.3 Å². The first kappa shape index (κ1) is 13.9. The van der Waals surface area contributed by atoms with Crippen molar-refractivity contribution in [2.75, 3.05) is 5.43 Å². The molecule has 0 spiro atoms. The summed E-state index contributed by atoms with van der Waals surface area (Å²) < 4.78 is 5.20. The van der Waals surface area contributed by atoms with Crippen LogP contribution >= 0.6 is 0 Å². The lowest BCUT2D eigenvalue weighted by Crippen LogP contribution is -2.08. The number of benzene rings is 2. The summed E-state index contributed by atoms with van der Waals surface area (Å²) in [7, 11) is 0. The van der Waals surface area contributed by atoms with Crippen LogP contribution < -0.4 is 11.1 Å². The van der Waals surface area contributed by atoms with E-state index in [1.54, 1.807) is 12.1 Å². The molecule has 0 atom stereocenters. The van der Waals surface area contributed by atoms with Gasteiger partial charge in [-0.1, -0.05) is 29.8 Å². The van der Waals surface area contributed by atoms with Gasteiger partial charge in [-0.15, -0.1) is 0 Å². The Hall–Kier alpha value is -3.08. The highest BCUT2D eigenvalue weighted by Gasteiger charge is 2.12. The van der Waals surface area contributed by atoms with Gasteiger partial charge >= 0.3 is 5.63 Å². The summed E-state index contributed by atoms with van der Waals surface area (Å²) in [5.41, 5.74) is 4.25. The summed E-state index contributed by atoms with van der Waals surface area (Å²) >= 11 is 0. The first-order valence-corrected chi connectivity index (χ1v) is 6.76. The van der Waals surface area contributed by atoms with Gasteiger partial charge in [0.1, 0.15) is 16.9 Å². The molecule has 3 aromatic rings. The van der Waals surface area contributed by atoms with Crippen LogP contribution in [0.5, 0.6) is 5.75 Å². The van der Waals surface area contributed by atoms with Crippen molar-refractivity contribution >= 4 is 22.9 Å². The second-order valence-corrected chi connectivity index (χ2v) is 4.89. The molecular weight excluding hydrogens is 280 g/mol. The predicted octanol–water partition coefficient (Wildman–Crippen LogP) is 3.25. The van der Waals surface area contributed by atoms with Gasteiger partial charge in [-0.05, 0) is 31.2 Å². The van der Waals surface area contributed by atoms with Crippen LogP contribution in [0, 0.1) is 6.92 Å². The molecule has 110 valence electrons. The van der Waals surface area contributed by atoms with E-state index >= 15 is 0 Å². The molecule has 2 N–H and O–H groups in total. The molecule has 3 rings (SSSR count). The Labute approximate surface area is 126 Å². The summed E-state index contributed by atoms with van der Waals surface area (Å²) in [4.78, 5) is 11.9. The topological polar surface area (TPSA) is 74.8 Å². The molecule has 0 aliphatic rings. The molecule has 5 heteroatoms. The van der Waals surface area contributed by atoms with Crippen molar-refractivity contribution in [1.29, 1.82) is 0 Å². The van der Waals surface area contributed by atoms with Gasteiger partial charge in [0.15, 0.2) is 0 Å². The third kappa shape index (κ3) is 2.69. The van der Waals surface area contributed by atoms with Gasteiger partial charge in [-0.2, -0.15) is 5.10 Å². The zero-order valence-corrected chi connectivity index (χ0v) is 11.9. The summed E-state index contributed by atoms with van der Waals surface area (Å²) in [6.07, 6.45) is 1.26. The fraction of sp³-hybridized carbons (Fsp3) is 0.0588. The second-order valence-electron chi connectivity index (χ2n) is 4.89. The van der Waals surface area contributed by atoms with Gasteiger partial charge < -0.3 is 9.52 Å². The Bertz CT molecular complexity index is 899. The second kappa shape index (κ2) is 5.73. The van der Waals surface area contributed by atoms with Crippen molar-refractivity contribution in [1.82, 2.24) is 0 Å². The number of fused-ring (bicyclic) bond motifs is 1. The van der Waals surface area contributed by atoms with Gasteiger partial charge in [0, 0.05) is 0 Å². The third-order valence-electron chi connectivity index (χ3n) is 3.23. The van der Waals surface area contributed by atoms with Crippen LogP contribution in [-0.2, 0) is 0 Å². The molecule has 1 aromatic heterocycles. The van der Waals surface area contributed by atoms with Crippen molar-refractivity contribution in [3.63, 3.8) is 0 Å². The number of hydrogen-bond donors (Lipinski definition) is 2. The minimum absolute atomic E-state index is 0.0153. The van der Waals surface area contributed by atoms with Gasteiger partial charge in [-0.25, -0.2) is 4.79 Å². The Kier molecular flexibility index (Phi) is 3.62. The maximum Gasteiger partial charge on any atom is 0.349 e. The minimum Gasteiger partial charge on any atom is -0.506 e. The minimum atomic E-state index is -0.632. The molecule has 0 unspecified atom stereocenters. The SMILES string of the molecule is Cc1ccc2oc(=O)c(/C=N/Nc3ccccc3)c(O)c2c1. The summed E-state index contributed by atoms with van der Waals surface area (Å²) in [6, 6.07) is 14.5. The van der Waals surface area contributed by atoms with Crippen molar-refractivity contribution in [2.24, 2.45) is 5.10 Å². The lowest BCUT2D eigenvalue weighted by molar-refractivity contribution is 0.466. The molecule has 1 heterocycles. The standard InChI is InChI=1S/C17H14N2O3/c1-11-7-8-15-13(9-11)16(20)14(17(21)22-15)10-18-19-12-5-3-2-4-6-12/h2-10,19-20H,1H3/b18-10+. The Morgan fingerprint density at radius 3 is 2.73 bits per heavy atom. The van der Waals surface area contributed by atoms with E-state index in [0.29, 0.717) is 11.0 Å². The zero-order valence-electron chi connectivity index (χ0n) is 11.9. The molecule has 0 saturated heterocycles. The van der Waals surface area contributed by atoms with Crippen LogP contribution in [0.1, 0.15) is 11.1 Å². The van der Waals surface area contributed by atoms with E-state index in [0.717, 1.165) is 11.3 Å². The Morgan fingerprint density at radius 2 is 1.95 bits per heavy atom. The highest BCUT2D eigenvalue weighted by molar-refractivity contribution is 5.93. The summed E-state index contributed by atoms with van der Waals surface area (Å²) in [6.45, 7) is 1.90. The number of aryl methyl sites for hydroxylation is 1. The largest absolute Gasteiger partial charge is 0.506 e. The molecule has 0 aliphatic heterocycles. The van der Waals surface area contributed by atoms with E-state index in [9.17, 15) is 9.90 Å². The highest BCUT2D eigenvalue weighted by Crippen LogP contribution is 2.26. The number of aromatic hydroxyl groups is 1. The van der Waals surface area contributed by atoms with Crippen LogP contribution in [0.4, 0.5) is 5.69 Å². The Morgan fingerprint density at radius 1 is 1.18 bits per heavy atom. The maximum atomic E-state index is 11.9. The zero-order chi connectivity index (χ0) is 15.5. The van der Waals surface area contributed by atoms with Gasteiger partial charge in [0.25, 0.3) is 0 Å². The van der Waals surface area contributed by atoms with E-state index in [1.165, 1.54) is 6.21 Å². The maximum absolute atomic E-state index is 11.9. The molecule has 0 aliphatic carbocycles. The lowest BCUT2D eigenvalue weighted by atomic mass is 10.1. The van der Waals surface area contributed by atoms with Crippen LogP contribution in [0.15, 0.2) is 62.8 Å². The third-order valence-corrected chi connectivity index (χ3v) is 3.23. The van der Waals surface area contributed by atoms with E-state index in [1.807, 2.05) is 43.3 Å². The number of anilines is 1. The summed E-state index contributed by atoms with van der Waals surface area (Å²) in [5, 5.41) is 14.7. The fourth-order valence-electron chi connectivity index (χ4n) is 2.11. The molecule has 22 heavy (non-hydrogen) atoms. The normalized spacial score (nSPS) is 11.1. The molecule has 0 bridgehead atoms. The number of nitrogens with one attached hydrogen (secondary N) is 1. The smallest absolute Gasteiger partial charge is 0.349 e. The molecule has 0 radical (unpaired) electrons. The summed E-state index contributed by atoms with van der Waals surface area (Å²) in [5.74, 6) is -0.131. The molecule has 0 saturated carbocycles. The number of para-hydroxylation sites is 1. The van der Waals surface area contributed by atoms with Crippen molar-refractivity contribution in [3.05, 3.63) is 70.1 Å². The van der Waals surface area contributed by atoms with E-state index in [-0.39, 0.29) is 11.3 Å². The Balaban J connectivity index is 1.98. The lowest BCUT2D eigenvalue weighted by Gasteiger charge is -2.04. The molecule has 2 aromatic carbocycles. The first-order chi connectivity index (χ1) is 10.6. The molecule has 0 fully saturated rings. The van der Waals surface area contributed by atoms with E-state index in [4.69, 9.17) is 4.42 Å². The van der Waals surface area contributed by atoms with Crippen molar-refractivity contribution in [2.45, 2.75) is 6.92 Å². The average molecular weight is 294 g/mol. The predicted molar refractivity (Wildman–Crippen MR) is 86.5 cm³/mol. The van der Waals surface area contributed by atoms with Crippen LogP contribution in [0.25, 0.3) is 11.0 Å². The van der Waals surface area contributed by atoms with Crippen LogP contribution in [-0.4, -0.2) is 11.3 Å². The van der Waals surface area contributed by atoms with E-state index in [2.05, 4.69) is 10.5 Å². The molecular formula is C17H14N2O3. The monoisotopic (exact) mass is 294 g/mol. The van der Waals surface area contributed by atoms with Crippen LogP contribution in [0.3, 0.4) is 0 Å². The van der Waals surface area contributed by atoms with Gasteiger partial charge in [-0.3, -0.25) is 5.43 Å². The first-order valence-electron chi connectivity index (χ1n) is 6.76. The quantitative estimate of drug-likeness (QED) is 0.442. The average Bonchev–Trinajstić information content (AvgIpc) is 2.52. The molecule has 0 amide bonds. The van der Waals surface area contributed by atoms with E-state index < -0.39 is 5.63 Å². The number of hydrogen-bond acceptors (Lipinski definition) is 5.